The smallest absolute Gasteiger partial charge is 0.337 e. The van der Waals surface area contributed by atoms with Crippen molar-refractivity contribution in [3.63, 3.8) is 0 Å². The number of aromatic nitrogens is 3. The summed E-state index contributed by atoms with van der Waals surface area (Å²) in [6, 6.07) is 20.9. The van der Waals surface area contributed by atoms with Gasteiger partial charge in [-0.05, 0) is 35.9 Å². The molecule has 0 aliphatic rings. The number of carbonyl (C=O) groups excluding carboxylic acids is 1. The molecule has 0 atom stereocenters. The molecule has 0 aliphatic carbocycles. The Labute approximate surface area is 207 Å². The normalized spacial score (nSPS) is 11.1. The maximum atomic E-state index is 11.8. The van der Waals surface area contributed by atoms with E-state index in [1.54, 1.807) is 19.2 Å². The number of aryl methyl sites for hydroxylation is 1. The minimum absolute atomic E-state index is 0.387. The molecule has 0 unspecified atom stereocenters. The predicted molar refractivity (Wildman–Crippen MR) is 138 cm³/mol. The molecule has 2 aromatic heterocycles. The summed E-state index contributed by atoms with van der Waals surface area (Å²) in [5, 5.41) is 6.04. The van der Waals surface area contributed by atoms with E-state index in [1.165, 1.54) is 7.11 Å². The van der Waals surface area contributed by atoms with Crippen LogP contribution in [-0.2, 0) is 18.3 Å². The van der Waals surface area contributed by atoms with Crippen LogP contribution in [0.15, 0.2) is 66.7 Å². The highest BCUT2D eigenvalue weighted by molar-refractivity contribution is 6.32. The predicted octanol–water partition coefficient (Wildman–Crippen LogP) is 5.85. The minimum atomic E-state index is -0.387. The van der Waals surface area contributed by atoms with Crippen LogP contribution in [0.4, 0.5) is 5.82 Å². The zero-order chi connectivity index (χ0) is 24.5. The highest BCUT2D eigenvalue weighted by Gasteiger charge is 2.17. The van der Waals surface area contributed by atoms with Crippen LogP contribution in [-0.4, -0.2) is 34.7 Å². The SMILES string of the molecule is COC(=O)c1ccc(-c2nc(NCc3ccc(OC)c(Cl)c3)c3c4ccccc4n(C)c3n2)cc1. The number of esters is 1. The van der Waals surface area contributed by atoms with Crippen molar-refractivity contribution in [2.45, 2.75) is 6.54 Å². The Morgan fingerprint density at radius 3 is 2.51 bits per heavy atom. The van der Waals surface area contributed by atoms with Gasteiger partial charge in [0.05, 0.1) is 35.7 Å². The third kappa shape index (κ3) is 4.15. The minimum Gasteiger partial charge on any atom is -0.495 e. The van der Waals surface area contributed by atoms with Crippen LogP contribution in [0.3, 0.4) is 0 Å². The molecule has 1 N–H and O–H groups in total. The van der Waals surface area contributed by atoms with E-state index in [2.05, 4.69) is 22.0 Å². The highest BCUT2D eigenvalue weighted by Crippen LogP contribution is 2.34. The number of rotatable bonds is 6. The summed E-state index contributed by atoms with van der Waals surface area (Å²) >= 11 is 6.32. The largest absolute Gasteiger partial charge is 0.495 e. The first kappa shape index (κ1) is 22.7. The first-order valence-corrected chi connectivity index (χ1v) is 11.4. The zero-order valence-electron chi connectivity index (χ0n) is 19.5. The number of para-hydroxylation sites is 1. The van der Waals surface area contributed by atoms with Crippen LogP contribution in [0.25, 0.3) is 33.3 Å². The number of anilines is 1. The number of benzene rings is 3. The van der Waals surface area contributed by atoms with Crippen molar-refractivity contribution >= 4 is 45.3 Å². The number of fused-ring (bicyclic) bond motifs is 3. The van der Waals surface area contributed by atoms with E-state index in [9.17, 15) is 4.79 Å². The molecule has 0 fully saturated rings. The molecule has 35 heavy (non-hydrogen) atoms. The van der Waals surface area contributed by atoms with Crippen LogP contribution in [0, 0.1) is 0 Å². The molecule has 176 valence electrons. The zero-order valence-corrected chi connectivity index (χ0v) is 20.3. The summed E-state index contributed by atoms with van der Waals surface area (Å²) in [4.78, 5) is 21.6. The summed E-state index contributed by atoms with van der Waals surface area (Å²) in [6.45, 7) is 0.514. The molecule has 0 radical (unpaired) electrons. The monoisotopic (exact) mass is 486 g/mol. The Hall–Kier alpha value is -4.10. The summed E-state index contributed by atoms with van der Waals surface area (Å²) in [7, 11) is 4.95. The number of halogens is 1. The molecule has 3 aromatic carbocycles. The van der Waals surface area contributed by atoms with Gasteiger partial charge in [-0.1, -0.05) is 48.0 Å². The summed E-state index contributed by atoms with van der Waals surface area (Å²) in [6.07, 6.45) is 0. The van der Waals surface area contributed by atoms with Crippen LogP contribution in [0.5, 0.6) is 5.75 Å². The van der Waals surface area contributed by atoms with E-state index in [-0.39, 0.29) is 5.97 Å². The number of hydrogen-bond acceptors (Lipinski definition) is 6. The van der Waals surface area contributed by atoms with Gasteiger partial charge in [-0.25, -0.2) is 14.8 Å². The first-order valence-electron chi connectivity index (χ1n) is 11.0. The number of nitrogens with zero attached hydrogens (tertiary/aromatic N) is 3. The molecular formula is C27H23ClN4O3. The van der Waals surface area contributed by atoms with Crippen molar-refractivity contribution in [2.75, 3.05) is 19.5 Å². The molecule has 0 bridgehead atoms. The summed E-state index contributed by atoms with van der Waals surface area (Å²) in [5.41, 5.74) is 4.12. The third-order valence-electron chi connectivity index (χ3n) is 5.98. The summed E-state index contributed by atoms with van der Waals surface area (Å²) in [5.74, 6) is 1.51. The van der Waals surface area contributed by atoms with Gasteiger partial charge in [-0.2, -0.15) is 0 Å². The average molecular weight is 487 g/mol. The van der Waals surface area contributed by atoms with E-state index in [0.717, 1.165) is 33.1 Å². The van der Waals surface area contributed by atoms with Crippen molar-refractivity contribution in [2.24, 2.45) is 7.05 Å². The maximum Gasteiger partial charge on any atom is 0.337 e. The van der Waals surface area contributed by atoms with Crippen molar-refractivity contribution in [1.29, 1.82) is 0 Å². The fourth-order valence-electron chi connectivity index (χ4n) is 4.17. The Morgan fingerprint density at radius 2 is 1.80 bits per heavy atom. The lowest BCUT2D eigenvalue weighted by Crippen LogP contribution is -2.05. The molecule has 0 aliphatic heterocycles. The molecule has 0 spiro atoms. The lowest BCUT2D eigenvalue weighted by molar-refractivity contribution is 0.0600. The number of hydrogen-bond donors (Lipinski definition) is 1. The Balaban J connectivity index is 1.61. The molecule has 2 heterocycles. The van der Waals surface area contributed by atoms with E-state index in [0.29, 0.717) is 34.5 Å². The van der Waals surface area contributed by atoms with Gasteiger partial charge in [-0.3, -0.25) is 0 Å². The second-order valence-corrected chi connectivity index (χ2v) is 8.47. The standard InChI is InChI=1S/C27H23ClN4O3/c1-32-21-7-5-4-6-19(21)23-25(29-15-16-8-13-22(34-2)20(28)14-16)30-24(31-26(23)32)17-9-11-18(12-10-17)27(33)35-3/h4-14H,15H2,1-3H3,(H,29,30,31). The van der Waals surface area contributed by atoms with Gasteiger partial charge in [0.15, 0.2) is 5.82 Å². The molecule has 8 heteroatoms. The highest BCUT2D eigenvalue weighted by atomic mass is 35.5. The van der Waals surface area contributed by atoms with E-state index >= 15 is 0 Å². The molecule has 0 amide bonds. The Kier molecular flexibility index (Phi) is 6.01. The quantitative estimate of drug-likeness (QED) is 0.303. The van der Waals surface area contributed by atoms with Gasteiger partial charge in [0, 0.05) is 24.5 Å². The first-order chi connectivity index (χ1) is 17.0. The number of ether oxygens (including phenoxy) is 2. The molecule has 5 aromatic rings. The van der Waals surface area contributed by atoms with Crippen molar-refractivity contribution in [3.05, 3.63) is 82.9 Å². The second-order valence-electron chi connectivity index (χ2n) is 8.06. The summed E-state index contributed by atoms with van der Waals surface area (Å²) < 4.78 is 12.1. The molecule has 5 rings (SSSR count). The van der Waals surface area contributed by atoms with Gasteiger partial charge < -0.3 is 19.4 Å². The van der Waals surface area contributed by atoms with Gasteiger partial charge in [0.25, 0.3) is 0 Å². The number of carbonyl (C=O) groups is 1. The lowest BCUT2D eigenvalue weighted by Gasteiger charge is -2.11. The van der Waals surface area contributed by atoms with Gasteiger partial charge in [-0.15, -0.1) is 0 Å². The van der Waals surface area contributed by atoms with Crippen LogP contribution in [0.2, 0.25) is 5.02 Å². The van der Waals surface area contributed by atoms with E-state index in [4.69, 9.17) is 31.0 Å². The maximum absolute atomic E-state index is 11.8. The topological polar surface area (TPSA) is 78.3 Å². The number of nitrogens with one attached hydrogen (secondary N) is 1. The van der Waals surface area contributed by atoms with E-state index in [1.807, 2.05) is 49.5 Å². The van der Waals surface area contributed by atoms with Crippen LogP contribution >= 0.6 is 11.6 Å². The Bertz CT molecular complexity index is 1560. The Morgan fingerprint density at radius 1 is 1.03 bits per heavy atom. The van der Waals surface area contributed by atoms with Gasteiger partial charge in [0.1, 0.15) is 17.2 Å². The van der Waals surface area contributed by atoms with E-state index < -0.39 is 0 Å². The fraction of sp³-hybridized carbons (Fsp3) is 0.148. The molecule has 0 saturated carbocycles. The lowest BCUT2D eigenvalue weighted by atomic mass is 10.1. The molecule has 7 nitrogen and oxygen atoms in total. The van der Waals surface area contributed by atoms with Crippen LogP contribution in [0.1, 0.15) is 15.9 Å². The molecular weight excluding hydrogens is 464 g/mol. The van der Waals surface area contributed by atoms with Gasteiger partial charge in [0.2, 0.25) is 0 Å². The van der Waals surface area contributed by atoms with Crippen molar-refractivity contribution in [3.8, 4) is 17.1 Å². The van der Waals surface area contributed by atoms with Crippen LogP contribution < -0.4 is 10.1 Å². The van der Waals surface area contributed by atoms with Crippen molar-refractivity contribution < 1.29 is 14.3 Å². The third-order valence-corrected chi connectivity index (χ3v) is 6.28. The molecule has 0 saturated heterocycles. The average Bonchev–Trinajstić information content (AvgIpc) is 3.19. The van der Waals surface area contributed by atoms with Gasteiger partial charge >= 0.3 is 5.97 Å². The van der Waals surface area contributed by atoms with Crippen molar-refractivity contribution in [1.82, 2.24) is 14.5 Å². The second kappa shape index (κ2) is 9.27. The number of methoxy groups -OCH3 is 2. The fourth-order valence-corrected chi connectivity index (χ4v) is 4.45.